The van der Waals surface area contributed by atoms with Crippen molar-refractivity contribution in [2.45, 2.75) is 26.3 Å². The normalized spacial score (nSPS) is 14.3. The zero-order chi connectivity index (χ0) is 21.9. The van der Waals surface area contributed by atoms with Gasteiger partial charge in [0.2, 0.25) is 11.7 Å². The van der Waals surface area contributed by atoms with Crippen LogP contribution in [0.15, 0.2) is 42.7 Å². The molecule has 32 heavy (non-hydrogen) atoms. The Labute approximate surface area is 184 Å². The predicted molar refractivity (Wildman–Crippen MR) is 117 cm³/mol. The molecule has 1 aliphatic heterocycles. The Kier molecular flexibility index (Phi) is 5.44. The minimum absolute atomic E-state index is 0.157. The van der Waals surface area contributed by atoms with Gasteiger partial charge in [0.15, 0.2) is 0 Å². The van der Waals surface area contributed by atoms with Crippen LogP contribution in [-0.4, -0.2) is 76.8 Å². The third-order valence-corrected chi connectivity index (χ3v) is 5.55. The second-order valence-corrected chi connectivity index (χ2v) is 7.77. The number of rotatable bonds is 6. The van der Waals surface area contributed by atoms with Crippen LogP contribution in [0.25, 0.3) is 17.2 Å². The van der Waals surface area contributed by atoms with Gasteiger partial charge < -0.3 is 9.80 Å². The quantitative estimate of drug-likeness (QED) is 0.447. The van der Waals surface area contributed by atoms with E-state index in [0.717, 1.165) is 30.2 Å². The minimum atomic E-state index is 0.157. The third-order valence-electron chi connectivity index (χ3n) is 5.55. The van der Waals surface area contributed by atoms with Crippen molar-refractivity contribution >= 4 is 17.5 Å². The molecular weight excluding hydrogens is 408 g/mol. The first-order valence-electron chi connectivity index (χ1n) is 10.7. The van der Waals surface area contributed by atoms with Gasteiger partial charge in [0.05, 0.1) is 6.54 Å². The molecule has 3 aromatic heterocycles. The van der Waals surface area contributed by atoms with E-state index in [0.29, 0.717) is 44.1 Å². The van der Waals surface area contributed by atoms with Crippen LogP contribution < -0.4 is 4.90 Å². The summed E-state index contributed by atoms with van der Waals surface area (Å²) in [6.07, 6.45) is 2.65. The summed E-state index contributed by atoms with van der Waals surface area (Å²) in [6.45, 7) is 5.35. The van der Waals surface area contributed by atoms with Gasteiger partial charge in [-0.3, -0.25) is 4.79 Å². The van der Waals surface area contributed by atoms with Gasteiger partial charge in [-0.1, -0.05) is 30.3 Å². The van der Waals surface area contributed by atoms with E-state index in [4.69, 9.17) is 0 Å². The SMILES string of the molecule is Cc1cc(N2CCN(C(=O)CCCn3nnc(-c4ccccc4)n3)CC2)n2ncnc2n1. The molecule has 11 heteroatoms. The van der Waals surface area contributed by atoms with Crippen molar-refractivity contribution in [3.63, 3.8) is 0 Å². The molecule has 0 saturated carbocycles. The maximum atomic E-state index is 12.7. The van der Waals surface area contributed by atoms with Crippen LogP contribution in [0.1, 0.15) is 18.5 Å². The molecule has 0 spiro atoms. The molecule has 5 rings (SSSR count). The van der Waals surface area contributed by atoms with Crippen molar-refractivity contribution < 1.29 is 4.79 Å². The van der Waals surface area contributed by atoms with Gasteiger partial charge in [0.25, 0.3) is 5.78 Å². The molecule has 1 aliphatic rings. The van der Waals surface area contributed by atoms with Crippen LogP contribution in [0, 0.1) is 6.92 Å². The van der Waals surface area contributed by atoms with Crippen LogP contribution in [-0.2, 0) is 11.3 Å². The Bertz CT molecular complexity index is 1210. The number of aromatic nitrogens is 8. The number of hydrogen-bond acceptors (Lipinski definition) is 8. The highest BCUT2D eigenvalue weighted by molar-refractivity contribution is 5.76. The number of aryl methyl sites for hydroxylation is 2. The number of fused-ring (bicyclic) bond motifs is 1. The van der Waals surface area contributed by atoms with Crippen LogP contribution in [0.5, 0.6) is 0 Å². The molecule has 0 bridgehead atoms. The van der Waals surface area contributed by atoms with Crippen LogP contribution in [0.4, 0.5) is 5.82 Å². The monoisotopic (exact) mass is 432 g/mol. The van der Waals surface area contributed by atoms with Crippen molar-refractivity contribution in [2.75, 3.05) is 31.1 Å². The fraction of sp³-hybridized carbons (Fsp3) is 0.381. The van der Waals surface area contributed by atoms with Crippen molar-refractivity contribution in [1.29, 1.82) is 0 Å². The number of amides is 1. The summed E-state index contributed by atoms with van der Waals surface area (Å²) in [6, 6.07) is 11.7. The molecule has 0 unspecified atom stereocenters. The molecule has 0 N–H and O–H groups in total. The van der Waals surface area contributed by atoms with Gasteiger partial charge in [0, 0.05) is 49.9 Å². The van der Waals surface area contributed by atoms with Gasteiger partial charge in [0.1, 0.15) is 12.1 Å². The highest BCUT2D eigenvalue weighted by Crippen LogP contribution is 2.18. The van der Waals surface area contributed by atoms with Gasteiger partial charge >= 0.3 is 0 Å². The minimum Gasteiger partial charge on any atom is -0.353 e. The summed E-state index contributed by atoms with van der Waals surface area (Å²) in [5.41, 5.74) is 1.83. The number of hydrogen-bond donors (Lipinski definition) is 0. The molecule has 4 aromatic rings. The number of carbonyl (C=O) groups is 1. The first-order chi connectivity index (χ1) is 15.7. The summed E-state index contributed by atoms with van der Waals surface area (Å²) in [5, 5.41) is 16.9. The molecule has 1 amide bonds. The molecule has 0 atom stereocenters. The lowest BCUT2D eigenvalue weighted by Gasteiger charge is -2.36. The van der Waals surface area contributed by atoms with E-state index in [1.165, 1.54) is 6.33 Å². The lowest BCUT2D eigenvalue weighted by Crippen LogP contribution is -2.49. The Balaban J connectivity index is 1.12. The zero-order valence-corrected chi connectivity index (χ0v) is 17.9. The van der Waals surface area contributed by atoms with Crippen LogP contribution >= 0.6 is 0 Å². The Morgan fingerprint density at radius 1 is 1.09 bits per heavy atom. The third kappa shape index (κ3) is 4.13. The van der Waals surface area contributed by atoms with Crippen molar-refractivity contribution in [1.82, 2.24) is 44.7 Å². The Hall–Kier alpha value is -3.89. The molecular formula is C21H24N10O. The number of benzene rings is 1. The molecule has 164 valence electrons. The lowest BCUT2D eigenvalue weighted by molar-refractivity contribution is -0.131. The molecule has 1 fully saturated rings. The second-order valence-electron chi connectivity index (χ2n) is 7.77. The zero-order valence-electron chi connectivity index (χ0n) is 17.9. The van der Waals surface area contributed by atoms with Gasteiger partial charge in [-0.05, 0) is 18.6 Å². The summed E-state index contributed by atoms with van der Waals surface area (Å²) in [5.74, 6) is 2.31. The van der Waals surface area contributed by atoms with E-state index in [9.17, 15) is 4.79 Å². The van der Waals surface area contributed by atoms with Crippen molar-refractivity contribution in [3.05, 3.63) is 48.4 Å². The summed E-state index contributed by atoms with van der Waals surface area (Å²) in [7, 11) is 0. The van der Waals surface area contributed by atoms with Crippen LogP contribution in [0.2, 0.25) is 0 Å². The molecule has 11 nitrogen and oxygen atoms in total. The van der Waals surface area contributed by atoms with Crippen molar-refractivity contribution in [2.24, 2.45) is 0 Å². The molecule has 0 aliphatic carbocycles. The average molecular weight is 432 g/mol. The molecule has 1 aromatic carbocycles. The van der Waals surface area contributed by atoms with Gasteiger partial charge in [-0.15, -0.1) is 10.2 Å². The highest BCUT2D eigenvalue weighted by atomic mass is 16.2. The predicted octanol–water partition coefficient (Wildman–Crippen LogP) is 1.22. The maximum absolute atomic E-state index is 12.7. The van der Waals surface area contributed by atoms with E-state index in [1.807, 2.05) is 48.2 Å². The summed E-state index contributed by atoms with van der Waals surface area (Å²) >= 11 is 0. The first kappa shape index (κ1) is 20.0. The van der Waals surface area contributed by atoms with E-state index >= 15 is 0 Å². The van der Waals surface area contributed by atoms with E-state index in [1.54, 1.807) is 9.31 Å². The Morgan fingerprint density at radius 3 is 2.72 bits per heavy atom. The molecule has 1 saturated heterocycles. The smallest absolute Gasteiger partial charge is 0.254 e. The second kappa shape index (κ2) is 8.69. The van der Waals surface area contributed by atoms with Crippen molar-refractivity contribution in [3.8, 4) is 11.4 Å². The average Bonchev–Trinajstić information content (AvgIpc) is 3.49. The van der Waals surface area contributed by atoms with E-state index in [2.05, 4.69) is 35.4 Å². The number of piperazine rings is 1. The lowest BCUT2D eigenvalue weighted by atomic mass is 10.2. The summed E-state index contributed by atoms with van der Waals surface area (Å²) in [4.78, 5) is 27.0. The highest BCUT2D eigenvalue weighted by Gasteiger charge is 2.23. The molecule has 0 radical (unpaired) electrons. The number of nitrogens with zero attached hydrogens (tertiary/aromatic N) is 10. The fourth-order valence-corrected chi connectivity index (χ4v) is 3.89. The van der Waals surface area contributed by atoms with E-state index < -0.39 is 0 Å². The molecule has 4 heterocycles. The fourth-order valence-electron chi connectivity index (χ4n) is 3.89. The van der Waals surface area contributed by atoms with Crippen LogP contribution in [0.3, 0.4) is 0 Å². The standard InChI is InChI=1S/C21H24N10O/c1-16-14-18(31-21(24-16)22-15-23-31)28-10-12-29(13-11-28)19(32)8-5-9-30-26-20(25-27-30)17-6-3-2-4-7-17/h2-4,6-7,14-15H,5,8-13H2,1H3. The summed E-state index contributed by atoms with van der Waals surface area (Å²) < 4.78 is 1.75. The number of carbonyl (C=O) groups excluding carboxylic acids is 1. The maximum Gasteiger partial charge on any atom is 0.254 e. The largest absolute Gasteiger partial charge is 0.353 e. The number of tetrazole rings is 1. The van der Waals surface area contributed by atoms with E-state index in [-0.39, 0.29) is 5.91 Å². The van der Waals surface area contributed by atoms with Gasteiger partial charge in [-0.25, -0.2) is 4.98 Å². The first-order valence-corrected chi connectivity index (χ1v) is 10.7. The Morgan fingerprint density at radius 2 is 1.91 bits per heavy atom. The topological polar surface area (TPSA) is 110 Å². The number of anilines is 1. The van der Waals surface area contributed by atoms with Gasteiger partial charge in [-0.2, -0.15) is 19.4 Å².